The molecule has 0 amide bonds. The van der Waals surface area contributed by atoms with Gasteiger partial charge in [-0.3, -0.25) is 0 Å². The highest BCUT2D eigenvalue weighted by atomic mass is 19.3. The molecule has 6 heteroatoms. The second kappa shape index (κ2) is 5.51. The van der Waals surface area contributed by atoms with E-state index in [0.717, 1.165) is 0 Å². The molecule has 3 rings (SSSR count). The zero-order valence-electron chi connectivity index (χ0n) is 12.0. The van der Waals surface area contributed by atoms with Crippen LogP contribution in [0.4, 0.5) is 19.0 Å². The number of aromatic nitrogens is 1. The van der Waals surface area contributed by atoms with E-state index < -0.39 is 5.92 Å². The van der Waals surface area contributed by atoms with E-state index in [0.29, 0.717) is 22.9 Å². The van der Waals surface area contributed by atoms with Crippen molar-refractivity contribution in [2.24, 2.45) is 0 Å². The molecule has 1 aliphatic rings. The Kier molecular flexibility index (Phi) is 3.68. The van der Waals surface area contributed by atoms with E-state index in [1.54, 1.807) is 31.2 Å². The number of rotatable bonds is 3. The zero-order valence-corrected chi connectivity index (χ0v) is 12.0. The van der Waals surface area contributed by atoms with Crippen LogP contribution in [-0.2, 0) is 0 Å². The summed E-state index contributed by atoms with van der Waals surface area (Å²) < 4.78 is 45.6. The number of hydrogen-bond donors (Lipinski definition) is 0. The number of halogens is 3. The van der Waals surface area contributed by atoms with Crippen LogP contribution in [0.3, 0.4) is 0 Å². The number of pyridine rings is 1. The molecule has 0 atom stereocenters. The van der Waals surface area contributed by atoms with Gasteiger partial charge in [0.1, 0.15) is 23.1 Å². The van der Waals surface area contributed by atoms with Gasteiger partial charge in [-0.1, -0.05) is 6.07 Å². The fraction of sp³-hybridized carbons (Fsp3) is 0.312. The minimum absolute atomic E-state index is 0.178. The van der Waals surface area contributed by atoms with Crippen LogP contribution in [0.1, 0.15) is 12.0 Å². The lowest BCUT2D eigenvalue weighted by Gasteiger charge is -2.17. The van der Waals surface area contributed by atoms with Gasteiger partial charge in [-0.15, -0.1) is 0 Å². The summed E-state index contributed by atoms with van der Waals surface area (Å²) in [5.41, 5.74) is 0.530. The fourth-order valence-electron chi connectivity index (χ4n) is 2.34. The molecule has 1 aliphatic heterocycles. The Morgan fingerprint density at radius 2 is 1.95 bits per heavy atom. The molecule has 2 aromatic rings. The van der Waals surface area contributed by atoms with E-state index >= 15 is 0 Å². The maximum Gasteiger partial charge on any atom is 0.266 e. The van der Waals surface area contributed by atoms with Crippen molar-refractivity contribution in [3.63, 3.8) is 0 Å². The van der Waals surface area contributed by atoms with E-state index in [2.05, 4.69) is 4.98 Å². The van der Waals surface area contributed by atoms with Crippen molar-refractivity contribution in [3.8, 4) is 11.5 Å². The highest BCUT2D eigenvalue weighted by molar-refractivity contribution is 5.46. The summed E-state index contributed by atoms with van der Waals surface area (Å²) >= 11 is 0. The number of benzene rings is 1. The Morgan fingerprint density at radius 3 is 2.64 bits per heavy atom. The van der Waals surface area contributed by atoms with Gasteiger partial charge >= 0.3 is 0 Å². The molecule has 0 N–H and O–H groups in total. The third-order valence-corrected chi connectivity index (χ3v) is 3.59. The summed E-state index contributed by atoms with van der Waals surface area (Å²) in [6.45, 7) is 1.57. The molecule has 116 valence electrons. The van der Waals surface area contributed by atoms with Gasteiger partial charge in [0, 0.05) is 31.3 Å². The first-order chi connectivity index (χ1) is 10.4. The first-order valence-electron chi connectivity index (χ1n) is 6.96. The minimum Gasteiger partial charge on any atom is -0.457 e. The Hall–Kier alpha value is -2.24. The number of aryl methyl sites for hydroxylation is 1. The van der Waals surface area contributed by atoms with E-state index in [1.165, 1.54) is 17.2 Å². The van der Waals surface area contributed by atoms with Crippen LogP contribution in [0, 0.1) is 12.7 Å². The lowest BCUT2D eigenvalue weighted by Crippen LogP contribution is -2.25. The predicted octanol–water partition coefficient (Wildman–Crippen LogP) is 4.17. The first-order valence-corrected chi connectivity index (χ1v) is 6.96. The quantitative estimate of drug-likeness (QED) is 0.851. The van der Waals surface area contributed by atoms with Gasteiger partial charge in [-0.05, 0) is 24.6 Å². The maximum absolute atomic E-state index is 13.5. The van der Waals surface area contributed by atoms with E-state index in [1.807, 2.05) is 0 Å². The normalized spacial score (nSPS) is 16.8. The molecule has 0 bridgehead atoms. The monoisotopic (exact) mass is 308 g/mol. The summed E-state index contributed by atoms with van der Waals surface area (Å²) in [4.78, 5) is 5.62. The smallest absolute Gasteiger partial charge is 0.266 e. The highest BCUT2D eigenvalue weighted by Gasteiger charge is 2.38. The Bertz CT molecular complexity index is 691. The average Bonchev–Trinajstić information content (AvgIpc) is 2.84. The van der Waals surface area contributed by atoms with Gasteiger partial charge in [0.25, 0.3) is 5.92 Å². The van der Waals surface area contributed by atoms with Crippen molar-refractivity contribution < 1.29 is 17.9 Å². The topological polar surface area (TPSA) is 25.4 Å². The molecular weight excluding hydrogens is 293 g/mol. The third kappa shape index (κ3) is 3.16. The summed E-state index contributed by atoms with van der Waals surface area (Å²) in [6.07, 6.45) is 1.31. The van der Waals surface area contributed by atoms with E-state index in [9.17, 15) is 13.2 Å². The van der Waals surface area contributed by atoms with Crippen molar-refractivity contribution in [2.75, 3.05) is 18.0 Å². The Labute approximate surface area is 126 Å². The molecule has 1 saturated heterocycles. The molecule has 0 saturated carbocycles. The molecule has 0 radical (unpaired) electrons. The van der Waals surface area contributed by atoms with Gasteiger partial charge in [0.15, 0.2) is 0 Å². The highest BCUT2D eigenvalue weighted by Crippen LogP contribution is 2.32. The van der Waals surface area contributed by atoms with Crippen molar-refractivity contribution in [2.45, 2.75) is 19.3 Å². The van der Waals surface area contributed by atoms with Crippen LogP contribution in [0.15, 0.2) is 36.5 Å². The molecule has 3 nitrogen and oxygen atoms in total. The van der Waals surface area contributed by atoms with Crippen molar-refractivity contribution >= 4 is 5.82 Å². The second-order valence-electron chi connectivity index (χ2n) is 5.39. The largest absolute Gasteiger partial charge is 0.457 e. The van der Waals surface area contributed by atoms with Gasteiger partial charge in [-0.2, -0.15) is 0 Å². The van der Waals surface area contributed by atoms with Crippen LogP contribution < -0.4 is 9.64 Å². The van der Waals surface area contributed by atoms with Gasteiger partial charge < -0.3 is 9.64 Å². The van der Waals surface area contributed by atoms with Crippen molar-refractivity contribution in [1.29, 1.82) is 0 Å². The van der Waals surface area contributed by atoms with Crippen LogP contribution in [0.25, 0.3) is 0 Å². The summed E-state index contributed by atoms with van der Waals surface area (Å²) in [6, 6.07) is 7.75. The van der Waals surface area contributed by atoms with Crippen LogP contribution in [0.2, 0.25) is 0 Å². The van der Waals surface area contributed by atoms with Crippen LogP contribution in [-0.4, -0.2) is 24.0 Å². The lowest BCUT2D eigenvalue weighted by atomic mass is 10.2. The molecule has 1 fully saturated rings. The maximum atomic E-state index is 13.5. The zero-order chi connectivity index (χ0) is 15.7. The standard InChI is InChI=1S/C16H15F3N2O/c1-11-2-3-12(8-14(11)17)22-13-4-6-20-15(9-13)21-7-5-16(18,19)10-21/h2-4,6,8-9H,5,7,10H2,1H3. The second-order valence-corrected chi connectivity index (χ2v) is 5.39. The Balaban J connectivity index is 1.78. The van der Waals surface area contributed by atoms with Crippen LogP contribution >= 0.6 is 0 Å². The number of ether oxygens (including phenoxy) is 1. The van der Waals surface area contributed by atoms with Crippen LogP contribution in [0.5, 0.6) is 11.5 Å². The van der Waals surface area contributed by atoms with Crippen molar-refractivity contribution in [1.82, 2.24) is 4.98 Å². The average molecular weight is 308 g/mol. The first kappa shape index (κ1) is 14.7. The summed E-state index contributed by atoms with van der Waals surface area (Å²) in [5, 5.41) is 0. The molecular formula is C16H15F3N2O. The molecule has 0 aliphatic carbocycles. The van der Waals surface area contributed by atoms with Gasteiger partial charge in [0.2, 0.25) is 0 Å². The van der Waals surface area contributed by atoms with E-state index in [-0.39, 0.29) is 25.3 Å². The summed E-state index contributed by atoms with van der Waals surface area (Å²) in [7, 11) is 0. The van der Waals surface area contributed by atoms with E-state index in [4.69, 9.17) is 4.74 Å². The minimum atomic E-state index is -2.68. The van der Waals surface area contributed by atoms with Crippen molar-refractivity contribution in [3.05, 3.63) is 47.9 Å². The number of anilines is 1. The molecule has 1 aromatic heterocycles. The fourth-order valence-corrected chi connectivity index (χ4v) is 2.34. The molecule has 2 heterocycles. The molecule has 0 unspecified atom stereocenters. The predicted molar refractivity (Wildman–Crippen MR) is 77.2 cm³/mol. The Morgan fingerprint density at radius 1 is 1.18 bits per heavy atom. The number of hydrogen-bond acceptors (Lipinski definition) is 3. The lowest BCUT2D eigenvalue weighted by molar-refractivity contribution is 0.0256. The van der Waals surface area contributed by atoms with Gasteiger partial charge in [0.05, 0.1) is 6.54 Å². The van der Waals surface area contributed by atoms with Gasteiger partial charge in [-0.25, -0.2) is 18.2 Å². The third-order valence-electron chi connectivity index (χ3n) is 3.59. The SMILES string of the molecule is Cc1ccc(Oc2ccnc(N3CCC(F)(F)C3)c2)cc1F. The number of alkyl halides is 2. The molecule has 1 aromatic carbocycles. The number of nitrogens with zero attached hydrogens (tertiary/aromatic N) is 2. The molecule has 0 spiro atoms. The molecule has 22 heavy (non-hydrogen) atoms. The summed E-state index contributed by atoms with van der Waals surface area (Å²) in [5.74, 6) is -1.82.